The molecular formula is C45H63N9O6. The summed E-state index contributed by atoms with van der Waals surface area (Å²) < 4.78 is 14.6. The molecule has 4 aliphatic rings. The fraction of sp³-hybridized carbons (Fsp3) is 0.644. The highest BCUT2D eigenvalue weighted by Gasteiger charge is 2.32. The number of amides is 3. The van der Waals surface area contributed by atoms with Crippen LogP contribution in [0.5, 0.6) is 0 Å². The highest BCUT2D eigenvalue weighted by Crippen LogP contribution is 2.36. The monoisotopic (exact) mass is 825 g/mol. The van der Waals surface area contributed by atoms with Crippen LogP contribution in [0.25, 0.3) is 22.1 Å². The largest absolute Gasteiger partial charge is 0.381 e. The zero-order chi connectivity index (χ0) is 41.4. The van der Waals surface area contributed by atoms with Crippen molar-refractivity contribution in [1.82, 2.24) is 39.2 Å². The van der Waals surface area contributed by atoms with Crippen molar-refractivity contribution in [2.45, 2.75) is 127 Å². The van der Waals surface area contributed by atoms with Gasteiger partial charge in [0.1, 0.15) is 23.8 Å². The van der Waals surface area contributed by atoms with Gasteiger partial charge in [-0.05, 0) is 106 Å². The maximum atomic E-state index is 13.0. The maximum absolute atomic E-state index is 13.0. The van der Waals surface area contributed by atoms with Gasteiger partial charge in [-0.15, -0.1) is 0 Å². The first-order valence-electron chi connectivity index (χ1n) is 22.6. The number of piperidine rings is 1. The minimum absolute atomic E-state index is 0.227. The molecule has 0 spiro atoms. The lowest BCUT2D eigenvalue weighted by molar-refractivity contribution is -0.136. The minimum Gasteiger partial charge on any atom is -0.381 e. The number of fused-ring (bicyclic) bond motifs is 2. The lowest BCUT2D eigenvalue weighted by Gasteiger charge is -2.42. The van der Waals surface area contributed by atoms with Gasteiger partial charge in [-0.3, -0.25) is 33.7 Å². The standard InChI is InChI=1S/C45H63N9O6/c1-51-38-28-31(10-15-36(38)54(45(51)58)37-16-17-39(55)50-44(37)57)8-5-7-25-59-24-6-3-2-4-9-40(56)53-22-20-52(21-23-53)34-13-11-33(12-14-34)49-43-41-35(32-18-26-60-27-19-32)29-46-42(41)47-30-48-43/h10,15,28-30,32-34,37H,2-9,11-14,16-27H2,1H3,(H,50,55,57)(H2,46,47,48,49). The van der Waals surface area contributed by atoms with Gasteiger partial charge in [0.25, 0.3) is 0 Å². The fourth-order valence-corrected chi connectivity index (χ4v) is 9.96. The summed E-state index contributed by atoms with van der Waals surface area (Å²) in [4.78, 5) is 67.4. The molecule has 0 bridgehead atoms. The van der Waals surface area contributed by atoms with Crippen molar-refractivity contribution in [3.05, 3.63) is 52.3 Å². The molecule has 0 radical (unpaired) electrons. The number of carbonyl (C=O) groups is 3. The van der Waals surface area contributed by atoms with Crippen LogP contribution in [0.1, 0.15) is 119 Å². The molecule has 15 nitrogen and oxygen atoms in total. The third-order valence-electron chi connectivity index (χ3n) is 13.5. The van der Waals surface area contributed by atoms with E-state index >= 15 is 0 Å². The molecule has 324 valence electrons. The number of benzene rings is 1. The van der Waals surface area contributed by atoms with Crippen LogP contribution in [-0.2, 0) is 37.3 Å². The van der Waals surface area contributed by atoms with Gasteiger partial charge in [-0.25, -0.2) is 14.8 Å². The fourth-order valence-electron chi connectivity index (χ4n) is 9.96. The highest BCUT2D eigenvalue weighted by atomic mass is 16.5. The first-order chi connectivity index (χ1) is 29.3. The third kappa shape index (κ3) is 9.79. The number of hydrogen-bond donors (Lipinski definition) is 3. The summed E-state index contributed by atoms with van der Waals surface area (Å²) in [5.41, 5.74) is 4.62. The molecule has 4 aromatic rings. The maximum Gasteiger partial charge on any atom is 0.329 e. The van der Waals surface area contributed by atoms with Crippen LogP contribution in [0, 0.1) is 0 Å². The second kappa shape index (κ2) is 19.9. The van der Waals surface area contributed by atoms with E-state index in [4.69, 9.17) is 14.5 Å². The second-order valence-electron chi connectivity index (χ2n) is 17.4. The van der Waals surface area contributed by atoms with E-state index in [9.17, 15) is 19.2 Å². The van der Waals surface area contributed by atoms with Gasteiger partial charge in [0.15, 0.2) is 0 Å². The Labute approximate surface area is 351 Å². The molecule has 3 amide bonds. The first-order valence-corrected chi connectivity index (χ1v) is 22.6. The van der Waals surface area contributed by atoms with E-state index in [0.29, 0.717) is 48.9 Å². The van der Waals surface area contributed by atoms with Crippen molar-refractivity contribution in [3.8, 4) is 0 Å². The van der Waals surface area contributed by atoms with Gasteiger partial charge in [-0.2, -0.15) is 0 Å². The van der Waals surface area contributed by atoms with E-state index in [1.807, 2.05) is 18.2 Å². The molecule has 1 unspecified atom stereocenters. The number of rotatable bonds is 17. The number of aryl methyl sites for hydroxylation is 2. The summed E-state index contributed by atoms with van der Waals surface area (Å²) in [7, 11) is 1.72. The quantitative estimate of drug-likeness (QED) is 0.0934. The number of aromatic nitrogens is 5. The lowest BCUT2D eigenvalue weighted by atomic mass is 9.89. The first kappa shape index (κ1) is 42.1. The van der Waals surface area contributed by atoms with Gasteiger partial charge < -0.3 is 24.7 Å². The summed E-state index contributed by atoms with van der Waals surface area (Å²) in [6.45, 7) is 6.67. The number of anilines is 1. The summed E-state index contributed by atoms with van der Waals surface area (Å²) >= 11 is 0. The predicted molar refractivity (Wildman–Crippen MR) is 230 cm³/mol. The number of hydrogen-bond acceptors (Lipinski definition) is 10. The van der Waals surface area contributed by atoms with Crippen molar-refractivity contribution < 1.29 is 23.9 Å². The van der Waals surface area contributed by atoms with Crippen molar-refractivity contribution in [1.29, 1.82) is 0 Å². The molecule has 1 aromatic carbocycles. The molecule has 6 heterocycles. The zero-order valence-corrected chi connectivity index (χ0v) is 35.3. The minimum atomic E-state index is -0.673. The third-order valence-corrected chi connectivity index (χ3v) is 13.5. The SMILES string of the molecule is Cn1c(=O)n(C2CCC(=O)NC2=O)c2ccc(CCCCOCCCCCCC(=O)N3CCN(C4CCC(Nc5ncnc6[nH]cc(C7CCOCC7)c56)CC4)CC3)cc21. The van der Waals surface area contributed by atoms with Crippen LogP contribution >= 0.6 is 0 Å². The normalized spacial score (nSPS) is 22.1. The van der Waals surface area contributed by atoms with Gasteiger partial charge in [0.05, 0.1) is 16.4 Å². The van der Waals surface area contributed by atoms with E-state index in [2.05, 4.69) is 36.6 Å². The van der Waals surface area contributed by atoms with Crippen LogP contribution in [0.4, 0.5) is 5.82 Å². The molecule has 3 aliphatic heterocycles. The molecule has 1 atom stereocenters. The Morgan fingerprint density at radius 2 is 1.65 bits per heavy atom. The van der Waals surface area contributed by atoms with E-state index in [1.165, 1.54) is 10.1 Å². The van der Waals surface area contributed by atoms with Crippen molar-refractivity contribution in [3.63, 3.8) is 0 Å². The Balaban J connectivity index is 0.660. The Kier molecular flexibility index (Phi) is 13.9. The van der Waals surface area contributed by atoms with Crippen LogP contribution < -0.4 is 16.3 Å². The number of aromatic amines is 1. The second-order valence-corrected chi connectivity index (χ2v) is 17.4. The van der Waals surface area contributed by atoms with Gasteiger partial charge in [0.2, 0.25) is 17.7 Å². The number of piperazine rings is 1. The number of nitrogens with one attached hydrogen (secondary N) is 3. The summed E-state index contributed by atoms with van der Waals surface area (Å²) in [6, 6.07) is 6.28. The van der Waals surface area contributed by atoms with Crippen LogP contribution in [0.3, 0.4) is 0 Å². The summed E-state index contributed by atoms with van der Waals surface area (Å²) in [6.07, 6.45) is 18.5. The topological polar surface area (TPSA) is 169 Å². The van der Waals surface area contributed by atoms with Crippen LogP contribution in [-0.4, -0.2) is 116 Å². The van der Waals surface area contributed by atoms with Gasteiger partial charge >= 0.3 is 5.69 Å². The number of carbonyl (C=O) groups excluding carboxylic acids is 3. The Morgan fingerprint density at radius 1 is 0.883 bits per heavy atom. The Bertz CT molecular complexity index is 2160. The van der Waals surface area contributed by atoms with Crippen LogP contribution in [0.2, 0.25) is 0 Å². The lowest BCUT2D eigenvalue weighted by Crippen LogP contribution is -2.53. The molecule has 60 heavy (non-hydrogen) atoms. The molecular weight excluding hydrogens is 763 g/mol. The molecule has 1 saturated carbocycles. The predicted octanol–water partition coefficient (Wildman–Crippen LogP) is 5.34. The number of nitrogens with zero attached hydrogens (tertiary/aromatic N) is 6. The molecule has 3 saturated heterocycles. The average Bonchev–Trinajstić information content (AvgIpc) is 3.82. The van der Waals surface area contributed by atoms with E-state index < -0.39 is 11.9 Å². The zero-order valence-electron chi connectivity index (χ0n) is 35.3. The van der Waals surface area contributed by atoms with E-state index in [-0.39, 0.29) is 18.0 Å². The molecule has 8 rings (SSSR count). The molecule has 1 aliphatic carbocycles. The number of imide groups is 1. The number of H-pyrrole nitrogens is 1. The van der Waals surface area contributed by atoms with E-state index in [0.717, 1.165) is 157 Å². The van der Waals surface area contributed by atoms with Crippen molar-refractivity contribution >= 4 is 45.6 Å². The average molecular weight is 826 g/mol. The van der Waals surface area contributed by atoms with Gasteiger partial charge in [0, 0.05) is 90.8 Å². The van der Waals surface area contributed by atoms with E-state index in [1.54, 1.807) is 17.9 Å². The van der Waals surface area contributed by atoms with Crippen molar-refractivity contribution in [2.24, 2.45) is 7.05 Å². The Hall–Kier alpha value is -4.60. The molecule has 15 heteroatoms. The number of unbranched alkanes of at least 4 members (excludes halogenated alkanes) is 4. The summed E-state index contributed by atoms with van der Waals surface area (Å²) in [5, 5.41) is 7.31. The van der Waals surface area contributed by atoms with Crippen molar-refractivity contribution in [2.75, 3.05) is 57.9 Å². The molecule has 3 N–H and O–H groups in total. The Morgan fingerprint density at radius 3 is 2.43 bits per heavy atom. The molecule has 3 aromatic heterocycles. The van der Waals surface area contributed by atoms with Crippen LogP contribution in [0.15, 0.2) is 35.5 Å². The number of imidazole rings is 1. The summed E-state index contributed by atoms with van der Waals surface area (Å²) in [5.74, 6) is 1.03. The highest BCUT2D eigenvalue weighted by molar-refractivity contribution is 6.00. The van der Waals surface area contributed by atoms with Gasteiger partial charge in [-0.1, -0.05) is 18.9 Å². The molecule has 4 fully saturated rings. The smallest absolute Gasteiger partial charge is 0.329 e. The number of ether oxygens (including phenoxy) is 2.